The average molecular weight is 251 g/mol. The quantitative estimate of drug-likeness (QED) is 0.826. The fourth-order valence-electron chi connectivity index (χ4n) is 1.87. The van der Waals surface area contributed by atoms with Crippen LogP contribution < -0.4 is 5.32 Å². The Morgan fingerprint density at radius 2 is 2.12 bits per heavy atom. The molecule has 2 aromatic rings. The molecule has 2 rings (SSSR count). The molecule has 0 aliphatic carbocycles. The van der Waals surface area contributed by atoms with Gasteiger partial charge in [0, 0.05) is 23.1 Å². The van der Waals surface area contributed by atoms with Crippen molar-refractivity contribution < 1.29 is 0 Å². The van der Waals surface area contributed by atoms with Crippen LogP contribution in [0.4, 0.5) is 0 Å². The standard InChI is InChI=1S/C14H19ClN2/c1-3-10(2)8-16-9-13-14(15)11-6-4-5-7-12(11)17-13/h4-7,10,16-17H,3,8-9H2,1-2H3. The topological polar surface area (TPSA) is 27.8 Å². The fraction of sp³-hybridized carbons (Fsp3) is 0.429. The third-order valence-electron chi connectivity index (χ3n) is 3.21. The Hall–Kier alpha value is -0.990. The first kappa shape index (κ1) is 12.5. The summed E-state index contributed by atoms with van der Waals surface area (Å²) < 4.78 is 0. The zero-order valence-electron chi connectivity index (χ0n) is 10.4. The van der Waals surface area contributed by atoms with Crippen molar-refractivity contribution in [2.75, 3.05) is 6.54 Å². The number of nitrogens with one attached hydrogen (secondary N) is 2. The van der Waals surface area contributed by atoms with E-state index in [1.54, 1.807) is 0 Å². The maximum absolute atomic E-state index is 6.34. The molecule has 1 aromatic carbocycles. The Balaban J connectivity index is 2.06. The molecule has 3 heteroatoms. The van der Waals surface area contributed by atoms with Gasteiger partial charge in [-0.05, 0) is 18.5 Å². The third kappa shape index (κ3) is 2.82. The highest BCUT2D eigenvalue weighted by Gasteiger charge is 2.08. The monoisotopic (exact) mass is 250 g/mol. The predicted octanol–water partition coefficient (Wildman–Crippen LogP) is 3.96. The fourth-order valence-corrected chi connectivity index (χ4v) is 2.15. The number of hydrogen-bond acceptors (Lipinski definition) is 1. The molecule has 92 valence electrons. The van der Waals surface area contributed by atoms with Crippen molar-refractivity contribution in [3.8, 4) is 0 Å². The van der Waals surface area contributed by atoms with Gasteiger partial charge in [0.25, 0.3) is 0 Å². The maximum Gasteiger partial charge on any atom is 0.0705 e. The molecule has 0 saturated heterocycles. The summed E-state index contributed by atoms with van der Waals surface area (Å²) in [7, 11) is 0. The van der Waals surface area contributed by atoms with Gasteiger partial charge in [-0.15, -0.1) is 0 Å². The van der Waals surface area contributed by atoms with E-state index >= 15 is 0 Å². The predicted molar refractivity (Wildman–Crippen MR) is 74.5 cm³/mol. The first-order valence-corrected chi connectivity index (χ1v) is 6.56. The molecule has 2 N–H and O–H groups in total. The molecule has 0 aliphatic heterocycles. The molecule has 1 aromatic heterocycles. The van der Waals surface area contributed by atoms with Gasteiger partial charge in [0.05, 0.1) is 5.02 Å². The average Bonchev–Trinajstić information content (AvgIpc) is 2.67. The van der Waals surface area contributed by atoms with Crippen molar-refractivity contribution in [1.29, 1.82) is 0 Å². The lowest BCUT2D eigenvalue weighted by Crippen LogP contribution is -2.20. The van der Waals surface area contributed by atoms with Crippen molar-refractivity contribution in [2.45, 2.75) is 26.8 Å². The minimum Gasteiger partial charge on any atom is -0.356 e. The van der Waals surface area contributed by atoms with Crippen molar-refractivity contribution in [3.05, 3.63) is 35.0 Å². The normalized spacial score (nSPS) is 13.1. The van der Waals surface area contributed by atoms with E-state index in [1.165, 1.54) is 6.42 Å². The van der Waals surface area contributed by atoms with E-state index in [2.05, 4.69) is 30.2 Å². The molecule has 1 heterocycles. The molecule has 1 unspecified atom stereocenters. The van der Waals surface area contributed by atoms with Crippen LogP contribution in [0.2, 0.25) is 5.02 Å². The maximum atomic E-state index is 6.34. The van der Waals surface area contributed by atoms with E-state index < -0.39 is 0 Å². The summed E-state index contributed by atoms with van der Waals surface area (Å²) in [6.45, 7) is 6.29. The summed E-state index contributed by atoms with van der Waals surface area (Å²) in [5, 5.41) is 5.39. The van der Waals surface area contributed by atoms with E-state index in [1.807, 2.05) is 18.2 Å². The summed E-state index contributed by atoms with van der Waals surface area (Å²) in [5.41, 5.74) is 2.19. The molecular weight excluding hydrogens is 232 g/mol. The molecule has 1 atom stereocenters. The van der Waals surface area contributed by atoms with Crippen LogP contribution in [-0.2, 0) is 6.54 Å². The van der Waals surface area contributed by atoms with Crippen molar-refractivity contribution in [1.82, 2.24) is 10.3 Å². The number of aromatic amines is 1. The molecular formula is C14H19ClN2. The first-order chi connectivity index (χ1) is 8.22. The number of aromatic nitrogens is 1. The van der Waals surface area contributed by atoms with Crippen LogP contribution in [0.5, 0.6) is 0 Å². The van der Waals surface area contributed by atoms with Crippen LogP contribution in [-0.4, -0.2) is 11.5 Å². The zero-order valence-corrected chi connectivity index (χ0v) is 11.1. The molecule has 0 saturated carbocycles. The van der Waals surface area contributed by atoms with Gasteiger partial charge in [-0.25, -0.2) is 0 Å². The highest BCUT2D eigenvalue weighted by atomic mass is 35.5. The van der Waals surface area contributed by atoms with E-state index in [-0.39, 0.29) is 0 Å². The second-order valence-corrected chi connectivity index (χ2v) is 4.99. The Morgan fingerprint density at radius 3 is 2.82 bits per heavy atom. The number of hydrogen-bond donors (Lipinski definition) is 2. The molecule has 0 fully saturated rings. The van der Waals surface area contributed by atoms with Crippen molar-refractivity contribution in [2.24, 2.45) is 5.92 Å². The van der Waals surface area contributed by atoms with Gasteiger partial charge in [-0.1, -0.05) is 50.1 Å². The number of H-pyrrole nitrogens is 1. The SMILES string of the molecule is CCC(C)CNCc1[nH]c2ccccc2c1Cl. The van der Waals surface area contributed by atoms with Crippen LogP contribution in [0.25, 0.3) is 10.9 Å². The van der Waals surface area contributed by atoms with Crippen LogP contribution in [0.15, 0.2) is 24.3 Å². The Bertz CT molecular complexity index is 490. The first-order valence-electron chi connectivity index (χ1n) is 6.18. The van der Waals surface area contributed by atoms with Crippen LogP contribution in [0.1, 0.15) is 26.0 Å². The van der Waals surface area contributed by atoms with Gasteiger partial charge in [0.1, 0.15) is 0 Å². The summed E-state index contributed by atoms with van der Waals surface area (Å²) in [4.78, 5) is 3.36. The molecule has 2 nitrogen and oxygen atoms in total. The molecule has 0 radical (unpaired) electrons. The lowest BCUT2D eigenvalue weighted by atomic mass is 10.1. The Kier molecular flexibility index (Phi) is 4.08. The van der Waals surface area contributed by atoms with Gasteiger partial charge in [-0.2, -0.15) is 0 Å². The highest BCUT2D eigenvalue weighted by molar-refractivity contribution is 6.36. The molecule has 0 amide bonds. The van der Waals surface area contributed by atoms with E-state index in [4.69, 9.17) is 11.6 Å². The van der Waals surface area contributed by atoms with E-state index in [0.29, 0.717) is 5.92 Å². The smallest absolute Gasteiger partial charge is 0.0705 e. The number of rotatable bonds is 5. The summed E-state index contributed by atoms with van der Waals surface area (Å²) in [5.74, 6) is 0.707. The Morgan fingerprint density at radius 1 is 1.35 bits per heavy atom. The third-order valence-corrected chi connectivity index (χ3v) is 3.64. The van der Waals surface area contributed by atoms with Crippen LogP contribution in [0.3, 0.4) is 0 Å². The molecule has 17 heavy (non-hydrogen) atoms. The van der Waals surface area contributed by atoms with Crippen molar-refractivity contribution >= 4 is 22.5 Å². The second kappa shape index (κ2) is 5.56. The lowest BCUT2D eigenvalue weighted by Gasteiger charge is -2.09. The molecule has 0 bridgehead atoms. The Labute approximate surface area is 107 Å². The van der Waals surface area contributed by atoms with Gasteiger partial charge < -0.3 is 10.3 Å². The van der Waals surface area contributed by atoms with Gasteiger partial charge in [0.2, 0.25) is 0 Å². The number of halogens is 1. The van der Waals surface area contributed by atoms with E-state index in [0.717, 1.165) is 34.7 Å². The highest BCUT2D eigenvalue weighted by Crippen LogP contribution is 2.26. The van der Waals surface area contributed by atoms with Gasteiger partial charge in [0.15, 0.2) is 0 Å². The van der Waals surface area contributed by atoms with Crippen LogP contribution >= 0.6 is 11.6 Å². The van der Waals surface area contributed by atoms with E-state index in [9.17, 15) is 0 Å². The van der Waals surface area contributed by atoms with Crippen molar-refractivity contribution in [3.63, 3.8) is 0 Å². The lowest BCUT2D eigenvalue weighted by molar-refractivity contribution is 0.498. The number of benzene rings is 1. The zero-order chi connectivity index (χ0) is 12.3. The molecule has 0 aliphatic rings. The summed E-state index contributed by atoms with van der Waals surface area (Å²) >= 11 is 6.34. The largest absolute Gasteiger partial charge is 0.356 e. The minimum atomic E-state index is 0.707. The number of para-hydroxylation sites is 1. The minimum absolute atomic E-state index is 0.707. The number of fused-ring (bicyclic) bond motifs is 1. The second-order valence-electron chi connectivity index (χ2n) is 4.61. The van der Waals surface area contributed by atoms with Gasteiger partial charge in [-0.3, -0.25) is 0 Å². The molecule has 0 spiro atoms. The summed E-state index contributed by atoms with van der Waals surface area (Å²) in [6, 6.07) is 8.13. The van der Waals surface area contributed by atoms with Crippen LogP contribution in [0, 0.1) is 5.92 Å². The van der Waals surface area contributed by atoms with Gasteiger partial charge >= 0.3 is 0 Å². The summed E-state index contributed by atoms with van der Waals surface area (Å²) in [6.07, 6.45) is 1.20.